The van der Waals surface area contributed by atoms with Crippen LogP contribution in [0.2, 0.25) is 0 Å². The number of likely N-dealkylation sites (tertiary alicyclic amines) is 1. The molecule has 0 aliphatic carbocycles. The van der Waals surface area contributed by atoms with Gasteiger partial charge in [-0.3, -0.25) is 9.59 Å². The molecule has 3 heterocycles. The van der Waals surface area contributed by atoms with Crippen molar-refractivity contribution >= 4 is 11.8 Å². The lowest BCUT2D eigenvalue weighted by molar-refractivity contribution is -0.130. The van der Waals surface area contributed by atoms with Crippen molar-refractivity contribution in [3.63, 3.8) is 0 Å². The normalized spacial score (nSPS) is 24.9. The van der Waals surface area contributed by atoms with Crippen molar-refractivity contribution in [2.45, 2.75) is 44.2 Å². The first-order chi connectivity index (χ1) is 13.1. The maximum absolute atomic E-state index is 12.6. The number of amides is 2. The van der Waals surface area contributed by atoms with Gasteiger partial charge in [-0.2, -0.15) is 0 Å². The first-order valence-electron chi connectivity index (χ1n) is 9.50. The standard InChI is InChI=1S/C21H24N2O4/c1-2-23-12-11-21(10-9-19(23)24)14-16(15-6-3-4-7-17(15)27-21)22-20(25)18-8-5-13-26-18/h3-8,13,16H,2,9-12,14H2,1H3,(H,22,25)/t16-,21+/m1/s1. The van der Waals surface area contributed by atoms with E-state index in [-0.39, 0.29) is 17.9 Å². The molecular formula is C21H24N2O4. The molecule has 0 unspecified atom stereocenters. The van der Waals surface area contributed by atoms with Gasteiger partial charge in [0.25, 0.3) is 5.91 Å². The predicted octanol–water partition coefficient (Wildman–Crippen LogP) is 3.30. The molecule has 2 amide bonds. The Morgan fingerprint density at radius 3 is 2.89 bits per heavy atom. The number of benzene rings is 1. The molecule has 0 bridgehead atoms. The molecule has 1 fully saturated rings. The number of hydrogen-bond acceptors (Lipinski definition) is 4. The van der Waals surface area contributed by atoms with Crippen molar-refractivity contribution in [3.8, 4) is 5.75 Å². The van der Waals surface area contributed by atoms with Gasteiger partial charge in [-0.15, -0.1) is 0 Å². The number of para-hydroxylation sites is 1. The Balaban J connectivity index is 1.61. The number of fused-ring (bicyclic) bond motifs is 1. The molecule has 6 nitrogen and oxygen atoms in total. The molecule has 1 spiro atoms. The van der Waals surface area contributed by atoms with Crippen molar-refractivity contribution in [1.82, 2.24) is 10.2 Å². The lowest BCUT2D eigenvalue weighted by Crippen LogP contribution is -2.46. The van der Waals surface area contributed by atoms with Gasteiger partial charge < -0.3 is 19.4 Å². The Kier molecular flexibility index (Phi) is 4.64. The van der Waals surface area contributed by atoms with Crippen molar-refractivity contribution in [1.29, 1.82) is 0 Å². The number of carbonyl (C=O) groups excluding carboxylic acids is 2. The zero-order chi connectivity index (χ0) is 18.9. The van der Waals surface area contributed by atoms with Gasteiger partial charge in [0.05, 0.1) is 12.3 Å². The molecule has 142 valence electrons. The highest BCUT2D eigenvalue weighted by Gasteiger charge is 2.43. The first kappa shape index (κ1) is 17.6. The number of rotatable bonds is 3. The van der Waals surface area contributed by atoms with Crippen LogP contribution in [0, 0.1) is 0 Å². The predicted molar refractivity (Wildman–Crippen MR) is 99.4 cm³/mol. The Labute approximate surface area is 158 Å². The fraction of sp³-hybridized carbons (Fsp3) is 0.429. The van der Waals surface area contributed by atoms with Crippen LogP contribution in [0.4, 0.5) is 0 Å². The number of hydrogen-bond donors (Lipinski definition) is 1. The van der Waals surface area contributed by atoms with Gasteiger partial charge in [0, 0.05) is 37.9 Å². The number of nitrogens with zero attached hydrogens (tertiary/aromatic N) is 1. The third-order valence-electron chi connectivity index (χ3n) is 5.61. The first-order valence-corrected chi connectivity index (χ1v) is 9.50. The summed E-state index contributed by atoms with van der Waals surface area (Å²) in [7, 11) is 0. The van der Waals surface area contributed by atoms with E-state index in [0.717, 1.165) is 17.7 Å². The van der Waals surface area contributed by atoms with Gasteiger partial charge in [0.1, 0.15) is 11.4 Å². The summed E-state index contributed by atoms with van der Waals surface area (Å²) in [5.74, 6) is 1.01. The van der Waals surface area contributed by atoms with Crippen molar-refractivity contribution in [2.75, 3.05) is 13.1 Å². The number of furan rings is 1. The summed E-state index contributed by atoms with van der Waals surface area (Å²) in [4.78, 5) is 26.8. The van der Waals surface area contributed by atoms with Crippen LogP contribution in [0.5, 0.6) is 5.75 Å². The fourth-order valence-electron chi connectivity index (χ4n) is 4.11. The number of carbonyl (C=O) groups is 2. The Bertz CT molecular complexity index is 832. The monoisotopic (exact) mass is 368 g/mol. The number of ether oxygens (including phenoxy) is 1. The summed E-state index contributed by atoms with van der Waals surface area (Å²) in [6.45, 7) is 3.39. The van der Waals surface area contributed by atoms with E-state index in [9.17, 15) is 9.59 Å². The highest BCUT2D eigenvalue weighted by atomic mass is 16.5. The molecule has 6 heteroatoms. The minimum atomic E-state index is -0.449. The maximum Gasteiger partial charge on any atom is 0.287 e. The Morgan fingerprint density at radius 1 is 1.26 bits per heavy atom. The van der Waals surface area contributed by atoms with Crippen LogP contribution in [0.25, 0.3) is 0 Å². The van der Waals surface area contributed by atoms with Gasteiger partial charge in [-0.1, -0.05) is 18.2 Å². The van der Waals surface area contributed by atoms with Gasteiger partial charge in [-0.25, -0.2) is 0 Å². The van der Waals surface area contributed by atoms with Gasteiger partial charge >= 0.3 is 0 Å². The van der Waals surface area contributed by atoms with Gasteiger partial charge in [0.2, 0.25) is 5.91 Å². The minimum absolute atomic E-state index is 0.174. The SMILES string of the molecule is CCN1CC[C@@]2(CCC1=O)C[C@@H](NC(=O)c1ccco1)c1ccccc1O2. The molecule has 1 N–H and O–H groups in total. The third-order valence-corrected chi connectivity index (χ3v) is 5.61. The minimum Gasteiger partial charge on any atom is -0.487 e. The van der Waals surface area contributed by atoms with E-state index in [1.54, 1.807) is 12.1 Å². The maximum atomic E-state index is 12.6. The van der Waals surface area contributed by atoms with E-state index < -0.39 is 5.60 Å². The average molecular weight is 368 g/mol. The highest BCUT2D eigenvalue weighted by Crippen LogP contribution is 2.44. The molecule has 0 radical (unpaired) electrons. The van der Waals surface area contributed by atoms with Crippen LogP contribution in [-0.4, -0.2) is 35.4 Å². The van der Waals surface area contributed by atoms with E-state index in [0.29, 0.717) is 38.1 Å². The Hall–Kier alpha value is -2.76. The smallest absolute Gasteiger partial charge is 0.287 e. The molecule has 1 aromatic heterocycles. The van der Waals surface area contributed by atoms with Crippen LogP contribution in [-0.2, 0) is 4.79 Å². The molecule has 2 aromatic rings. The van der Waals surface area contributed by atoms with Crippen molar-refractivity contribution in [3.05, 3.63) is 54.0 Å². The second-order valence-corrected chi connectivity index (χ2v) is 7.25. The highest BCUT2D eigenvalue weighted by molar-refractivity contribution is 5.91. The summed E-state index contributed by atoms with van der Waals surface area (Å²) in [5, 5.41) is 3.09. The zero-order valence-electron chi connectivity index (χ0n) is 15.4. The molecular weight excluding hydrogens is 344 g/mol. The summed E-state index contributed by atoms with van der Waals surface area (Å²) in [5.41, 5.74) is 0.514. The Morgan fingerprint density at radius 2 is 2.11 bits per heavy atom. The van der Waals surface area contributed by atoms with Crippen LogP contribution in [0.3, 0.4) is 0 Å². The molecule has 4 rings (SSSR count). The summed E-state index contributed by atoms with van der Waals surface area (Å²) in [6, 6.07) is 11.0. The quantitative estimate of drug-likeness (QED) is 0.902. The van der Waals surface area contributed by atoms with Gasteiger partial charge in [-0.05, 0) is 31.5 Å². The van der Waals surface area contributed by atoms with E-state index in [1.165, 1.54) is 6.26 Å². The van der Waals surface area contributed by atoms with E-state index in [1.807, 2.05) is 36.1 Å². The summed E-state index contributed by atoms with van der Waals surface area (Å²) in [6.07, 6.45) is 4.01. The van der Waals surface area contributed by atoms with Crippen molar-refractivity contribution in [2.24, 2.45) is 0 Å². The largest absolute Gasteiger partial charge is 0.487 e. The molecule has 1 saturated heterocycles. The van der Waals surface area contributed by atoms with Gasteiger partial charge in [0.15, 0.2) is 5.76 Å². The number of nitrogens with one attached hydrogen (secondary N) is 1. The molecule has 2 aliphatic rings. The average Bonchev–Trinajstić information content (AvgIpc) is 3.17. The van der Waals surface area contributed by atoms with Crippen LogP contribution >= 0.6 is 0 Å². The topological polar surface area (TPSA) is 71.8 Å². The summed E-state index contributed by atoms with van der Waals surface area (Å²) < 4.78 is 11.7. The fourth-order valence-corrected chi connectivity index (χ4v) is 4.11. The van der Waals surface area contributed by atoms with Crippen LogP contribution in [0.15, 0.2) is 47.1 Å². The van der Waals surface area contributed by atoms with Crippen LogP contribution in [0.1, 0.15) is 54.8 Å². The van der Waals surface area contributed by atoms with Crippen molar-refractivity contribution < 1.29 is 18.7 Å². The second-order valence-electron chi connectivity index (χ2n) is 7.25. The summed E-state index contributed by atoms with van der Waals surface area (Å²) >= 11 is 0. The lowest BCUT2D eigenvalue weighted by Gasteiger charge is -2.42. The molecule has 2 atom stereocenters. The van der Waals surface area contributed by atoms with E-state index >= 15 is 0 Å². The lowest BCUT2D eigenvalue weighted by atomic mass is 9.82. The zero-order valence-corrected chi connectivity index (χ0v) is 15.4. The molecule has 0 saturated carbocycles. The molecule has 1 aromatic carbocycles. The molecule has 2 aliphatic heterocycles. The van der Waals surface area contributed by atoms with E-state index in [4.69, 9.17) is 9.15 Å². The van der Waals surface area contributed by atoms with E-state index in [2.05, 4.69) is 5.32 Å². The molecule has 27 heavy (non-hydrogen) atoms. The van der Waals surface area contributed by atoms with Crippen LogP contribution < -0.4 is 10.1 Å². The second kappa shape index (κ2) is 7.10. The third kappa shape index (κ3) is 3.44.